The van der Waals surface area contributed by atoms with E-state index in [9.17, 15) is 8.42 Å². The highest BCUT2D eigenvalue weighted by atomic mass is 32.2. The average molecular weight is 365 g/mol. The summed E-state index contributed by atoms with van der Waals surface area (Å²) in [6.45, 7) is 3.72. The number of sulfonamides is 1. The number of rotatable bonds is 4. The van der Waals surface area contributed by atoms with E-state index >= 15 is 0 Å². The number of anilines is 2. The number of imidazole rings is 1. The highest BCUT2D eigenvalue weighted by Gasteiger charge is 2.31. The molecule has 136 valence electrons. The van der Waals surface area contributed by atoms with Gasteiger partial charge in [-0.15, -0.1) is 10.2 Å². The quantitative estimate of drug-likeness (QED) is 0.759. The third kappa shape index (κ3) is 3.45. The predicted molar refractivity (Wildman–Crippen MR) is 95.3 cm³/mol. The topological polar surface area (TPSA) is 87.5 Å². The molecule has 0 amide bonds. The molecule has 0 bridgehead atoms. The van der Waals surface area contributed by atoms with Crippen LogP contribution in [0.3, 0.4) is 0 Å². The van der Waals surface area contributed by atoms with Crippen LogP contribution in [0.25, 0.3) is 0 Å². The fourth-order valence-electron chi connectivity index (χ4n) is 2.67. The van der Waals surface area contributed by atoms with Crippen LogP contribution in [0.4, 0.5) is 11.6 Å². The lowest BCUT2D eigenvalue weighted by atomic mass is 10.3. The summed E-state index contributed by atoms with van der Waals surface area (Å²) in [5.41, 5.74) is 0. The summed E-state index contributed by atoms with van der Waals surface area (Å²) < 4.78 is 28.6. The average Bonchev–Trinajstić information content (AvgIpc) is 2.95. The zero-order valence-corrected chi connectivity index (χ0v) is 15.7. The predicted octanol–water partition coefficient (Wildman–Crippen LogP) is 0.0954. The minimum absolute atomic E-state index is 0.107. The normalized spacial score (nSPS) is 16.2. The Balaban J connectivity index is 1.69. The van der Waals surface area contributed by atoms with Crippen LogP contribution in [0.15, 0.2) is 23.4 Å². The fraction of sp³-hybridized carbons (Fsp3) is 0.533. The van der Waals surface area contributed by atoms with Gasteiger partial charge >= 0.3 is 0 Å². The number of nitrogens with zero attached hydrogens (tertiary/aromatic N) is 7. The molecule has 0 N–H and O–H groups in total. The van der Waals surface area contributed by atoms with Gasteiger partial charge in [-0.05, 0) is 19.1 Å². The summed E-state index contributed by atoms with van der Waals surface area (Å²) in [4.78, 5) is 8.08. The van der Waals surface area contributed by atoms with E-state index in [0.29, 0.717) is 32.0 Å². The van der Waals surface area contributed by atoms with Gasteiger partial charge in [-0.2, -0.15) is 4.31 Å². The third-order valence-corrected chi connectivity index (χ3v) is 6.12. The highest BCUT2D eigenvalue weighted by Crippen LogP contribution is 2.20. The molecule has 1 fully saturated rings. The van der Waals surface area contributed by atoms with E-state index in [1.807, 2.05) is 36.0 Å². The Labute approximate surface area is 147 Å². The van der Waals surface area contributed by atoms with Gasteiger partial charge in [0.15, 0.2) is 16.7 Å². The van der Waals surface area contributed by atoms with Crippen LogP contribution in [0.1, 0.15) is 5.82 Å². The minimum Gasteiger partial charge on any atom is -0.361 e. The van der Waals surface area contributed by atoms with Gasteiger partial charge in [0.1, 0.15) is 5.82 Å². The van der Waals surface area contributed by atoms with Crippen molar-refractivity contribution in [2.24, 2.45) is 7.05 Å². The molecular weight excluding hydrogens is 342 g/mol. The zero-order chi connectivity index (χ0) is 18.2. The first-order valence-electron chi connectivity index (χ1n) is 8.05. The van der Waals surface area contributed by atoms with Crippen LogP contribution in [-0.2, 0) is 17.1 Å². The van der Waals surface area contributed by atoms with Crippen molar-refractivity contribution in [2.75, 3.05) is 50.1 Å². The molecule has 0 radical (unpaired) electrons. The zero-order valence-electron chi connectivity index (χ0n) is 14.9. The van der Waals surface area contributed by atoms with Crippen LogP contribution < -0.4 is 9.80 Å². The molecule has 0 atom stereocenters. The molecule has 0 aromatic carbocycles. The molecule has 1 saturated heterocycles. The maximum absolute atomic E-state index is 12.7. The van der Waals surface area contributed by atoms with Gasteiger partial charge in [0, 0.05) is 53.5 Å². The SMILES string of the molecule is Cc1nc(S(=O)(=O)N2CCN(c3ccc(N(C)C)nn3)CC2)cn1C. The second-order valence-corrected chi connectivity index (χ2v) is 8.16. The Morgan fingerprint density at radius 3 is 2.24 bits per heavy atom. The maximum Gasteiger partial charge on any atom is 0.262 e. The Hall–Kier alpha value is -2.20. The lowest BCUT2D eigenvalue weighted by Gasteiger charge is -2.34. The molecule has 2 aromatic rings. The molecule has 9 nitrogen and oxygen atoms in total. The summed E-state index contributed by atoms with van der Waals surface area (Å²) in [6, 6.07) is 3.82. The fourth-order valence-corrected chi connectivity index (χ4v) is 4.11. The van der Waals surface area contributed by atoms with Crippen LogP contribution in [0.2, 0.25) is 0 Å². The van der Waals surface area contributed by atoms with E-state index in [1.54, 1.807) is 24.7 Å². The highest BCUT2D eigenvalue weighted by molar-refractivity contribution is 7.89. The monoisotopic (exact) mass is 365 g/mol. The van der Waals surface area contributed by atoms with Gasteiger partial charge in [-0.1, -0.05) is 0 Å². The third-order valence-electron chi connectivity index (χ3n) is 4.35. The number of hydrogen-bond acceptors (Lipinski definition) is 7. The first-order valence-corrected chi connectivity index (χ1v) is 9.49. The van der Waals surface area contributed by atoms with Crippen molar-refractivity contribution in [1.29, 1.82) is 0 Å². The van der Waals surface area contributed by atoms with Gasteiger partial charge in [-0.3, -0.25) is 0 Å². The van der Waals surface area contributed by atoms with Crippen LogP contribution in [0, 0.1) is 6.92 Å². The van der Waals surface area contributed by atoms with Crippen molar-refractivity contribution in [2.45, 2.75) is 11.9 Å². The van der Waals surface area contributed by atoms with Gasteiger partial charge < -0.3 is 14.4 Å². The standard InChI is InChI=1S/C15H23N7O2S/c1-12-16-15(11-20(12)4)25(23,24)22-9-7-21(8-10-22)14-6-5-13(17-18-14)19(2)3/h5-6,11H,7-10H2,1-4H3. The smallest absolute Gasteiger partial charge is 0.262 e. The molecule has 25 heavy (non-hydrogen) atoms. The van der Waals surface area contributed by atoms with E-state index in [0.717, 1.165) is 11.6 Å². The van der Waals surface area contributed by atoms with Crippen LogP contribution in [0.5, 0.6) is 0 Å². The molecule has 1 aliphatic heterocycles. The van der Waals surface area contributed by atoms with Crippen LogP contribution >= 0.6 is 0 Å². The summed E-state index contributed by atoms with van der Waals surface area (Å²) >= 11 is 0. The van der Waals surface area contributed by atoms with E-state index in [-0.39, 0.29) is 5.03 Å². The molecule has 2 aromatic heterocycles. The van der Waals surface area contributed by atoms with Crippen molar-refractivity contribution >= 4 is 21.7 Å². The summed E-state index contributed by atoms with van der Waals surface area (Å²) in [5, 5.41) is 8.51. The first kappa shape index (κ1) is 17.6. The van der Waals surface area contributed by atoms with E-state index in [2.05, 4.69) is 15.2 Å². The van der Waals surface area contributed by atoms with E-state index in [4.69, 9.17) is 0 Å². The number of aryl methyl sites for hydroxylation is 2. The number of piperazine rings is 1. The first-order chi connectivity index (χ1) is 11.8. The molecule has 3 rings (SSSR count). The van der Waals surface area contributed by atoms with Crippen molar-refractivity contribution in [3.63, 3.8) is 0 Å². The molecule has 0 unspecified atom stereocenters. The second kappa shape index (κ2) is 6.60. The van der Waals surface area contributed by atoms with Crippen LogP contribution in [-0.4, -0.2) is 72.7 Å². The summed E-state index contributed by atoms with van der Waals surface area (Å²) in [5.74, 6) is 2.22. The molecule has 10 heteroatoms. The molecule has 3 heterocycles. The Bertz CT molecular complexity index is 818. The summed E-state index contributed by atoms with van der Waals surface area (Å²) in [6.07, 6.45) is 1.56. The lowest BCUT2D eigenvalue weighted by molar-refractivity contribution is 0.382. The lowest BCUT2D eigenvalue weighted by Crippen LogP contribution is -2.49. The van der Waals surface area contributed by atoms with Gasteiger partial charge in [0.25, 0.3) is 10.0 Å². The van der Waals surface area contributed by atoms with Crippen molar-refractivity contribution < 1.29 is 8.42 Å². The van der Waals surface area contributed by atoms with Gasteiger partial charge in [0.05, 0.1) is 0 Å². The van der Waals surface area contributed by atoms with Crippen molar-refractivity contribution in [1.82, 2.24) is 24.1 Å². The van der Waals surface area contributed by atoms with Gasteiger partial charge in [-0.25, -0.2) is 13.4 Å². The maximum atomic E-state index is 12.7. The van der Waals surface area contributed by atoms with E-state index < -0.39 is 10.0 Å². The minimum atomic E-state index is -3.56. The molecule has 0 spiro atoms. The number of aromatic nitrogens is 4. The largest absolute Gasteiger partial charge is 0.361 e. The molecule has 1 aliphatic rings. The Kier molecular flexibility index (Phi) is 4.65. The Morgan fingerprint density at radius 1 is 1.08 bits per heavy atom. The molecular formula is C15H23N7O2S. The number of hydrogen-bond donors (Lipinski definition) is 0. The van der Waals surface area contributed by atoms with Crippen molar-refractivity contribution in [3.8, 4) is 0 Å². The van der Waals surface area contributed by atoms with Gasteiger partial charge in [0.2, 0.25) is 0 Å². The Morgan fingerprint density at radius 2 is 1.76 bits per heavy atom. The second-order valence-electron chi connectivity index (χ2n) is 6.27. The van der Waals surface area contributed by atoms with Crippen molar-refractivity contribution in [3.05, 3.63) is 24.2 Å². The molecule has 0 saturated carbocycles. The van der Waals surface area contributed by atoms with E-state index in [1.165, 1.54) is 4.31 Å². The molecule has 0 aliphatic carbocycles. The summed E-state index contributed by atoms with van der Waals surface area (Å²) in [7, 11) is 2.05.